The minimum atomic E-state index is -0.913. The maximum absolute atomic E-state index is 13.3. The normalized spacial score (nSPS) is 17.8. The highest BCUT2D eigenvalue weighted by atomic mass is 19.1. The van der Waals surface area contributed by atoms with Crippen LogP contribution in [0.5, 0.6) is 0 Å². The molecule has 0 aliphatic carbocycles. The van der Waals surface area contributed by atoms with E-state index in [-0.39, 0.29) is 12.5 Å². The van der Waals surface area contributed by atoms with Crippen LogP contribution in [0.4, 0.5) is 4.39 Å². The quantitative estimate of drug-likeness (QED) is 0.918. The highest BCUT2D eigenvalue weighted by Crippen LogP contribution is 2.22. The van der Waals surface area contributed by atoms with E-state index in [4.69, 9.17) is 4.74 Å². The predicted octanol–water partition coefficient (Wildman–Crippen LogP) is 1.75. The highest BCUT2D eigenvalue weighted by molar-refractivity contribution is 5.95. The Morgan fingerprint density at radius 2 is 2.10 bits per heavy atom. The summed E-state index contributed by atoms with van der Waals surface area (Å²) in [5.74, 6) is -0.709. The van der Waals surface area contributed by atoms with Gasteiger partial charge in [0.05, 0.1) is 5.60 Å². The lowest BCUT2D eigenvalue weighted by atomic mass is 9.93. The van der Waals surface area contributed by atoms with Gasteiger partial charge in [0.25, 0.3) is 5.91 Å². The van der Waals surface area contributed by atoms with Crippen LogP contribution in [0.25, 0.3) is 0 Å². The van der Waals surface area contributed by atoms with Gasteiger partial charge in [0.2, 0.25) is 0 Å². The lowest BCUT2D eigenvalue weighted by Gasteiger charge is -2.35. The number of rotatable bonds is 3. The van der Waals surface area contributed by atoms with Crippen molar-refractivity contribution in [3.63, 3.8) is 0 Å². The fourth-order valence-electron chi connectivity index (χ4n) is 2.45. The summed E-state index contributed by atoms with van der Waals surface area (Å²) in [5, 5.41) is 10.4. The first-order valence-electron chi connectivity index (χ1n) is 6.73. The Hall–Kier alpha value is -1.46. The van der Waals surface area contributed by atoms with Gasteiger partial charge in [0.15, 0.2) is 0 Å². The topological polar surface area (TPSA) is 49.8 Å². The molecule has 1 fully saturated rings. The second kappa shape index (κ2) is 5.89. The van der Waals surface area contributed by atoms with Gasteiger partial charge in [-0.1, -0.05) is 6.07 Å². The van der Waals surface area contributed by atoms with Gasteiger partial charge in [0.1, 0.15) is 5.82 Å². The van der Waals surface area contributed by atoms with Gasteiger partial charge >= 0.3 is 0 Å². The minimum absolute atomic E-state index is 0.227. The van der Waals surface area contributed by atoms with E-state index in [9.17, 15) is 14.3 Å². The zero-order valence-electron chi connectivity index (χ0n) is 11.9. The van der Waals surface area contributed by atoms with Crippen LogP contribution in [0, 0.1) is 12.7 Å². The molecular weight excluding hydrogens is 261 g/mol. The molecule has 1 heterocycles. The Labute approximate surface area is 118 Å². The number of nitrogens with zero attached hydrogens (tertiary/aromatic N) is 1. The number of aliphatic hydroxyl groups is 1. The summed E-state index contributed by atoms with van der Waals surface area (Å²) in [6.45, 7) is 2.99. The van der Waals surface area contributed by atoms with Gasteiger partial charge in [0, 0.05) is 45.2 Å². The number of carbonyl (C=O) groups is 1. The van der Waals surface area contributed by atoms with E-state index < -0.39 is 11.4 Å². The maximum Gasteiger partial charge on any atom is 0.254 e. The van der Waals surface area contributed by atoms with E-state index in [1.54, 1.807) is 20.0 Å². The molecule has 5 heteroatoms. The second-order valence-corrected chi connectivity index (χ2v) is 5.46. The van der Waals surface area contributed by atoms with Crippen LogP contribution in [0.2, 0.25) is 0 Å². The van der Waals surface area contributed by atoms with Crippen molar-refractivity contribution in [2.75, 3.05) is 26.8 Å². The fourth-order valence-corrected chi connectivity index (χ4v) is 2.45. The van der Waals surface area contributed by atoms with E-state index in [1.165, 1.54) is 17.0 Å². The fraction of sp³-hybridized carbons (Fsp3) is 0.533. The molecule has 1 aliphatic rings. The molecule has 0 aromatic heterocycles. The standard InChI is InChI=1S/C15H20FNO3/c1-11-3-4-12(16)9-13(11)14(18)17(2)10-15(19)5-7-20-8-6-15/h3-4,9,19H,5-8,10H2,1-2H3. The van der Waals surface area contributed by atoms with Crippen LogP contribution in [0.15, 0.2) is 18.2 Å². The van der Waals surface area contributed by atoms with Crippen molar-refractivity contribution in [3.05, 3.63) is 35.1 Å². The van der Waals surface area contributed by atoms with Crippen LogP contribution in [0.3, 0.4) is 0 Å². The van der Waals surface area contributed by atoms with Gasteiger partial charge in [-0.05, 0) is 24.6 Å². The molecule has 1 aromatic carbocycles. The van der Waals surface area contributed by atoms with Gasteiger partial charge in [-0.25, -0.2) is 4.39 Å². The molecule has 0 spiro atoms. The molecule has 20 heavy (non-hydrogen) atoms. The predicted molar refractivity (Wildman–Crippen MR) is 73.1 cm³/mol. The molecule has 1 N–H and O–H groups in total. The number of halogens is 1. The second-order valence-electron chi connectivity index (χ2n) is 5.46. The Balaban J connectivity index is 2.10. The number of hydrogen-bond donors (Lipinski definition) is 1. The molecule has 0 radical (unpaired) electrons. The monoisotopic (exact) mass is 281 g/mol. The van der Waals surface area contributed by atoms with Gasteiger partial charge < -0.3 is 14.7 Å². The first kappa shape index (κ1) is 14.9. The Bertz CT molecular complexity index is 498. The molecule has 1 saturated heterocycles. The lowest BCUT2D eigenvalue weighted by molar-refractivity contribution is -0.0734. The first-order chi connectivity index (χ1) is 9.41. The average Bonchev–Trinajstić information content (AvgIpc) is 2.41. The van der Waals surface area contributed by atoms with E-state index in [2.05, 4.69) is 0 Å². The zero-order valence-corrected chi connectivity index (χ0v) is 11.9. The summed E-state index contributed by atoms with van der Waals surface area (Å²) in [7, 11) is 1.63. The molecule has 4 nitrogen and oxygen atoms in total. The van der Waals surface area contributed by atoms with Crippen molar-refractivity contribution in [1.82, 2.24) is 4.90 Å². The number of likely N-dealkylation sites (N-methyl/N-ethyl adjacent to an activating group) is 1. The van der Waals surface area contributed by atoms with Crippen LogP contribution >= 0.6 is 0 Å². The SMILES string of the molecule is Cc1ccc(F)cc1C(=O)N(C)CC1(O)CCOCC1. The summed E-state index contributed by atoms with van der Waals surface area (Å²) >= 11 is 0. The number of hydrogen-bond acceptors (Lipinski definition) is 3. The lowest BCUT2D eigenvalue weighted by Crippen LogP contribution is -2.47. The summed E-state index contributed by atoms with van der Waals surface area (Å²) in [5.41, 5.74) is 0.148. The summed E-state index contributed by atoms with van der Waals surface area (Å²) in [6.07, 6.45) is 1.01. The van der Waals surface area contributed by atoms with Crippen molar-refractivity contribution in [3.8, 4) is 0 Å². The van der Waals surface area contributed by atoms with Crippen LogP contribution in [-0.2, 0) is 4.74 Å². The molecule has 0 atom stereocenters. The number of amides is 1. The number of aryl methyl sites for hydroxylation is 1. The van der Waals surface area contributed by atoms with Gasteiger partial charge in [-0.2, -0.15) is 0 Å². The summed E-state index contributed by atoms with van der Waals surface area (Å²) < 4.78 is 18.5. The van der Waals surface area contributed by atoms with Crippen LogP contribution in [-0.4, -0.2) is 48.3 Å². The Kier molecular flexibility index (Phi) is 4.40. The van der Waals surface area contributed by atoms with Crippen LogP contribution < -0.4 is 0 Å². The average molecular weight is 281 g/mol. The molecule has 1 aliphatic heterocycles. The van der Waals surface area contributed by atoms with E-state index in [0.29, 0.717) is 31.6 Å². The van der Waals surface area contributed by atoms with Crippen molar-refractivity contribution < 1.29 is 19.0 Å². The summed E-state index contributed by atoms with van der Waals surface area (Å²) in [6, 6.07) is 4.15. The minimum Gasteiger partial charge on any atom is -0.388 e. The third-order valence-corrected chi connectivity index (χ3v) is 3.73. The Morgan fingerprint density at radius 3 is 2.75 bits per heavy atom. The number of ether oxygens (including phenoxy) is 1. The maximum atomic E-state index is 13.3. The third kappa shape index (κ3) is 3.35. The van der Waals surface area contributed by atoms with Crippen molar-refractivity contribution in [2.24, 2.45) is 0 Å². The number of benzene rings is 1. The molecule has 1 amide bonds. The van der Waals surface area contributed by atoms with Gasteiger partial charge in [-0.15, -0.1) is 0 Å². The van der Waals surface area contributed by atoms with E-state index in [0.717, 1.165) is 5.56 Å². The number of carbonyl (C=O) groups excluding carboxylic acids is 1. The third-order valence-electron chi connectivity index (χ3n) is 3.73. The van der Waals surface area contributed by atoms with Crippen molar-refractivity contribution in [1.29, 1.82) is 0 Å². The molecule has 0 unspecified atom stereocenters. The molecule has 1 aromatic rings. The van der Waals surface area contributed by atoms with Crippen molar-refractivity contribution >= 4 is 5.91 Å². The molecule has 2 rings (SSSR count). The zero-order chi connectivity index (χ0) is 14.8. The highest BCUT2D eigenvalue weighted by Gasteiger charge is 2.32. The van der Waals surface area contributed by atoms with Gasteiger partial charge in [-0.3, -0.25) is 4.79 Å². The largest absolute Gasteiger partial charge is 0.388 e. The van der Waals surface area contributed by atoms with E-state index in [1.807, 2.05) is 0 Å². The Morgan fingerprint density at radius 1 is 1.45 bits per heavy atom. The first-order valence-corrected chi connectivity index (χ1v) is 6.73. The molecule has 0 saturated carbocycles. The smallest absolute Gasteiger partial charge is 0.254 e. The van der Waals surface area contributed by atoms with E-state index >= 15 is 0 Å². The molecule has 0 bridgehead atoms. The van der Waals surface area contributed by atoms with Crippen LogP contribution in [0.1, 0.15) is 28.8 Å². The molecular formula is C15H20FNO3. The molecule has 110 valence electrons. The van der Waals surface area contributed by atoms with Crippen molar-refractivity contribution in [2.45, 2.75) is 25.4 Å². The summed E-state index contributed by atoms with van der Waals surface area (Å²) in [4.78, 5) is 13.8.